The van der Waals surface area contributed by atoms with Gasteiger partial charge in [0.2, 0.25) is 0 Å². The van der Waals surface area contributed by atoms with Gasteiger partial charge >= 0.3 is 5.97 Å². The molecule has 1 aliphatic heterocycles. The first-order chi connectivity index (χ1) is 11.6. The molecule has 0 bridgehead atoms. The van der Waals surface area contributed by atoms with E-state index >= 15 is 0 Å². The van der Waals surface area contributed by atoms with Gasteiger partial charge in [-0.05, 0) is 61.0 Å². The fourth-order valence-electron chi connectivity index (χ4n) is 2.90. The predicted molar refractivity (Wildman–Crippen MR) is 107 cm³/mol. The molecule has 2 aromatic rings. The van der Waals surface area contributed by atoms with E-state index in [1.807, 2.05) is 12.1 Å². The van der Waals surface area contributed by atoms with Crippen LogP contribution in [0.1, 0.15) is 33.5 Å². The van der Waals surface area contributed by atoms with E-state index in [1.54, 1.807) is 17.8 Å². The molecule has 0 amide bonds. The van der Waals surface area contributed by atoms with Crippen LogP contribution in [0.3, 0.4) is 0 Å². The maximum Gasteiger partial charge on any atom is 0.335 e. The van der Waals surface area contributed by atoms with E-state index in [4.69, 9.17) is 0 Å². The normalized spacial score (nSPS) is 14.4. The third-order valence-electron chi connectivity index (χ3n) is 4.13. The number of carboxylic acids is 1. The van der Waals surface area contributed by atoms with Crippen LogP contribution in [-0.2, 0) is 5.75 Å². The number of rotatable bonds is 4. The molecule has 0 unspecified atom stereocenters. The van der Waals surface area contributed by atoms with Crippen molar-refractivity contribution in [3.63, 3.8) is 0 Å². The minimum absolute atomic E-state index is 0. The lowest BCUT2D eigenvalue weighted by atomic mass is 9.92. The molecule has 0 atom stereocenters. The molecular formula is C20H22ClNO2S. The Kier molecular flexibility index (Phi) is 6.71. The molecule has 0 aliphatic carbocycles. The highest BCUT2D eigenvalue weighted by Crippen LogP contribution is 2.40. The summed E-state index contributed by atoms with van der Waals surface area (Å²) in [5, 5.41) is 9.35. The summed E-state index contributed by atoms with van der Waals surface area (Å²) < 4.78 is 0. The molecule has 5 heteroatoms. The molecule has 0 spiro atoms. The largest absolute Gasteiger partial charge is 0.478 e. The molecule has 0 fully saturated rings. The van der Waals surface area contributed by atoms with Crippen LogP contribution in [0.25, 0.3) is 5.57 Å². The highest BCUT2D eigenvalue weighted by atomic mass is 35.5. The smallest absolute Gasteiger partial charge is 0.335 e. The number of carboxylic acid groups (broad SMARTS) is 1. The van der Waals surface area contributed by atoms with Gasteiger partial charge in [-0.1, -0.05) is 30.3 Å². The summed E-state index contributed by atoms with van der Waals surface area (Å²) in [6, 6.07) is 13.9. The number of halogens is 1. The van der Waals surface area contributed by atoms with Crippen molar-refractivity contribution in [2.75, 3.05) is 20.6 Å². The summed E-state index contributed by atoms with van der Waals surface area (Å²) in [4.78, 5) is 14.7. The predicted octanol–water partition coefficient (Wildman–Crippen LogP) is 4.80. The number of benzene rings is 2. The highest BCUT2D eigenvalue weighted by molar-refractivity contribution is 7.98. The Morgan fingerprint density at radius 3 is 2.68 bits per heavy atom. The number of aromatic carboxylic acids is 1. The molecule has 0 radical (unpaired) electrons. The number of nitrogens with zero attached hydrogens (tertiary/aromatic N) is 1. The summed E-state index contributed by atoms with van der Waals surface area (Å²) >= 11 is 1.77. The highest BCUT2D eigenvalue weighted by Gasteiger charge is 2.19. The maximum absolute atomic E-state index is 11.4. The average Bonchev–Trinajstić information content (AvgIpc) is 2.71. The zero-order valence-corrected chi connectivity index (χ0v) is 16.0. The van der Waals surface area contributed by atoms with Gasteiger partial charge in [-0.25, -0.2) is 4.79 Å². The Bertz CT molecular complexity index is 802. The van der Waals surface area contributed by atoms with Crippen LogP contribution in [0.4, 0.5) is 0 Å². The van der Waals surface area contributed by atoms with Gasteiger partial charge in [-0.3, -0.25) is 0 Å². The lowest BCUT2D eigenvalue weighted by Crippen LogP contribution is -2.12. The van der Waals surface area contributed by atoms with Gasteiger partial charge in [-0.15, -0.1) is 24.2 Å². The molecule has 3 nitrogen and oxygen atoms in total. The molecule has 3 rings (SSSR count). The van der Waals surface area contributed by atoms with Crippen LogP contribution >= 0.6 is 24.2 Å². The van der Waals surface area contributed by atoms with Gasteiger partial charge in [0.05, 0.1) is 5.56 Å². The summed E-state index contributed by atoms with van der Waals surface area (Å²) in [7, 11) is 4.12. The lowest BCUT2D eigenvalue weighted by molar-refractivity contribution is 0.0697. The first-order valence-corrected chi connectivity index (χ1v) is 8.98. The minimum Gasteiger partial charge on any atom is -0.478 e. The van der Waals surface area contributed by atoms with Gasteiger partial charge in [0.1, 0.15) is 0 Å². The molecule has 1 heterocycles. The molecule has 1 N–H and O–H groups in total. The SMILES string of the molecule is CN(C)CC/C=C1\c2ccccc2CSc2ccc(C(=O)O)cc21.Cl. The van der Waals surface area contributed by atoms with E-state index in [9.17, 15) is 9.90 Å². The summed E-state index contributed by atoms with van der Waals surface area (Å²) in [6.45, 7) is 0.965. The van der Waals surface area contributed by atoms with E-state index in [0.717, 1.165) is 34.8 Å². The molecule has 1 aliphatic rings. The van der Waals surface area contributed by atoms with Crippen molar-refractivity contribution in [2.24, 2.45) is 0 Å². The zero-order chi connectivity index (χ0) is 17.1. The molecule has 0 saturated heterocycles. The lowest BCUT2D eigenvalue weighted by Gasteiger charge is -2.13. The third kappa shape index (κ3) is 4.46. The molecule has 0 aromatic heterocycles. The van der Waals surface area contributed by atoms with Crippen LogP contribution in [0.2, 0.25) is 0 Å². The summed E-state index contributed by atoms with van der Waals surface area (Å²) in [6.07, 6.45) is 3.17. The van der Waals surface area contributed by atoms with Gasteiger partial charge in [-0.2, -0.15) is 0 Å². The van der Waals surface area contributed by atoms with Gasteiger partial charge in [0.25, 0.3) is 0 Å². The van der Waals surface area contributed by atoms with Crippen LogP contribution in [-0.4, -0.2) is 36.6 Å². The van der Waals surface area contributed by atoms with Crippen molar-refractivity contribution < 1.29 is 9.90 Å². The van der Waals surface area contributed by atoms with Crippen molar-refractivity contribution >= 4 is 35.7 Å². The molecule has 2 aromatic carbocycles. The van der Waals surface area contributed by atoms with Crippen LogP contribution in [0.15, 0.2) is 53.4 Å². The van der Waals surface area contributed by atoms with Crippen LogP contribution in [0, 0.1) is 0 Å². The van der Waals surface area contributed by atoms with E-state index < -0.39 is 5.97 Å². The molecule has 132 valence electrons. The second-order valence-corrected chi connectivity index (χ2v) is 7.19. The van der Waals surface area contributed by atoms with Gasteiger partial charge in [0, 0.05) is 17.2 Å². The maximum atomic E-state index is 11.4. The Morgan fingerprint density at radius 2 is 1.96 bits per heavy atom. The number of fused-ring (bicyclic) bond motifs is 2. The Hall–Kier alpha value is -1.75. The van der Waals surface area contributed by atoms with Crippen molar-refractivity contribution in [3.05, 3.63) is 70.8 Å². The van der Waals surface area contributed by atoms with Crippen molar-refractivity contribution in [1.82, 2.24) is 4.90 Å². The zero-order valence-electron chi connectivity index (χ0n) is 14.4. The van der Waals surface area contributed by atoms with Crippen LogP contribution in [0.5, 0.6) is 0 Å². The number of thioether (sulfide) groups is 1. The van der Waals surface area contributed by atoms with Crippen molar-refractivity contribution in [2.45, 2.75) is 17.1 Å². The van der Waals surface area contributed by atoms with E-state index in [1.165, 1.54) is 11.1 Å². The van der Waals surface area contributed by atoms with Gasteiger partial charge in [0.15, 0.2) is 0 Å². The Labute approximate surface area is 159 Å². The number of hydrogen-bond acceptors (Lipinski definition) is 3. The van der Waals surface area contributed by atoms with Crippen molar-refractivity contribution in [3.8, 4) is 0 Å². The molecule has 0 saturated carbocycles. The summed E-state index contributed by atoms with van der Waals surface area (Å²) in [5.74, 6) is 0.0219. The first kappa shape index (κ1) is 19.6. The topological polar surface area (TPSA) is 40.5 Å². The monoisotopic (exact) mass is 375 g/mol. The first-order valence-electron chi connectivity index (χ1n) is 8.00. The Morgan fingerprint density at radius 1 is 1.20 bits per heavy atom. The molecule has 25 heavy (non-hydrogen) atoms. The number of carbonyl (C=O) groups is 1. The number of hydrogen-bond donors (Lipinski definition) is 1. The molecular weight excluding hydrogens is 354 g/mol. The average molecular weight is 376 g/mol. The van der Waals surface area contributed by atoms with Crippen molar-refractivity contribution in [1.29, 1.82) is 0 Å². The van der Waals surface area contributed by atoms with E-state index in [2.05, 4.69) is 49.3 Å². The minimum atomic E-state index is -0.882. The Balaban J connectivity index is 0.00000225. The standard InChI is InChI=1S/C20H21NO2S.ClH/c1-21(2)11-5-8-17-16-7-4-3-6-15(16)13-24-19-10-9-14(20(22)23)12-18(17)19;/h3-4,6-10,12H,5,11,13H2,1-2H3,(H,22,23);1H/b17-8+;. The second-order valence-electron chi connectivity index (χ2n) is 6.17. The third-order valence-corrected chi connectivity index (χ3v) is 5.25. The van der Waals surface area contributed by atoms with E-state index in [-0.39, 0.29) is 12.4 Å². The fourth-order valence-corrected chi connectivity index (χ4v) is 3.95. The summed E-state index contributed by atoms with van der Waals surface area (Å²) in [5.41, 5.74) is 5.03. The second kappa shape index (κ2) is 8.56. The fraction of sp³-hybridized carbons (Fsp3) is 0.250. The van der Waals surface area contributed by atoms with E-state index in [0.29, 0.717) is 5.56 Å². The van der Waals surface area contributed by atoms with Gasteiger partial charge < -0.3 is 10.0 Å². The van der Waals surface area contributed by atoms with Crippen LogP contribution < -0.4 is 0 Å². The quantitative estimate of drug-likeness (QED) is 0.833.